The number of piperidine rings is 1. The molecular weight excluding hydrogens is 414 g/mol. The summed E-state index contributed by atoms with van der Waals surface area (Å²) in [6.07, 6.45) is 1.69. The topological polar surface area (TPSA) is 61.9 Å². The van der Waals surface area contributed by atoms with Gasteiger partial charge in [0, 0.05) is 24.7 Å². The SMILES string of the molecule is CCN(CC)CCCNC(=O)C1(c2ccc(Cl)cc2)CCN(C(=O)OC(C)(C)C)CC1. The van der Waals surface area contributed by atoms with E-state index >= 15 is 0 Å². The van der Waals surface area contributed by atoms with Crippen molar-refractivity contribution in [2.75, 3.05) is 39.3 Å². The number of hydrogen-bond acceptors (Lipinski definition) is 4. The fourth-order valence-corrected chi connectivity index (χ4v) is 4.15. The van der Waals surface area contributed by atoms with Crippen LogP contribution in [0.25, 0.3) is 0 Å². The van der Waals surface area contributed by atoms with Crippen molar-refractivity contribution in [3.8, 4) is 0 Å². The number of halogens is 1. The summed E-state index contributed by atoms with van der Waals surface area (Å²) in [6, 6.07) is 7.51. The largest absolute Gasteiger partial charge is 0.444 e. The standard InChI is InChI=1S/C24H38ClN3O3/c1-6-27(7-2)16-8-15-26-21(29)24(19-9-11-20(25)12-10-19)13-17-28(18-14-24)22(30)31-23(3,4)5/h9-12H,6-8,13-18H2,1-5H3,(H,26,29). The van der Waals surface area contributed by atoms with Crippen LogP contribution in [-0.2, 0) is 14.9 Å². The predicted molar refractivity (Wildman–Crippen MR) is 126 cm³/mol. The molecule has 0 aromatic heterocycles. The van der Waals surface area contributed by atoms with Gasteiger partial charge in [-0.1, -0.05) is 37.6 Å². The highest BCUT2D eigenvalue weighted by atomic mass is 35.5. The molecule has 0 radical (unpaired) electrons. The Hall–Kier alpha value is -1.79. The molecule has 174 valence electrons. The zero-order chi connectivity index (χ0) is 23.1. The molecule has 0 aliphatic carbocycles. The Kier molecular flexibility index (Phi) is 9.19. The van der Waals surface area contributed by atoms with E-state index in [9.17, 15) is 9.59 Å². The minimum Gasteiger partial charge on any atom is -0.444 e. The quantitative estimate of drug-likeness (QED) is 0.593. The van der Waals surface area contributed by atoms with Crippen LogP contribution in [0.15, 0.2) is 24.3 Å². The molecule has 1 fully saturated rings. The summed E-state index contributed by atoms with van der Waals surface area (Å²) >= 11 is 6.09. The van der Waals surface area contributed by atoms with Crippen molar-refractivity contribution in [3.05, 3.63) is 34.9 Å². The summed E-state index contributed by atoms with van der Waals surface area (Å²) in [5, 5.41) is 3.80. The number of nitrogens with zero attached hydrogens (tertiary/aromatic N) is 2. The van der Waals surface area contributed by atoms with E-state index in [1.165, 1.54) is 0 Å². The van der Waals surface area contributed by atoms with Crippen LogP contribution >= 0.6 is 11.6 Å². The molecule has 1 aliphatic heterocycles. The maximum absolute atomic E-state index is 13.4. The van der Waals surface area contributed by atoms with Crippen molar-refractivity contribution < 1.29 is 14.3 Å². The summed E-state index contributed by atoms with van der Waals surface area (Å²) in [4.78, 5) is 29.9. The minimum absolute atomic E-state index is 0.0261. The van der Waals surface area contributed by atoms with Crippen molar-refractivity contribution in [1.82, 2.24) is 15.1 Å². The van der Waals surface area contributed by atoms with E-state index in [2.05, 4.69) is 24.1 Å². The monoisotopic (exact) mass is 451 g/mol. The Bertz CT molecular complexity index is 719. The van der Waals surface area contributed by atoms with E-state index in [0.717, 1.165) is 31.6 Å². The number of benzene rings is 1. The van der Waals surface area contributed by atoms with Gasteiger partial charge in [0.25, 0.3) is 0 Å². The van der Waals surface area contributed by atoms with Gasteiger partial charge in [0.15, 0.2) is 0 Å². The van der Waals surface area contributed by atoms with E-state index < -0.39 is 11.0 Å². The van der Waals surface area contributed by atoms with Crippen LogP contribution in [-0.4, -0.2) is 66.7 Å². The minimum atomic E-state index is -0.668. The number of hydrogen-bond donors (Lipinski definition) is 1. The fraction of sp³-hybridized carbons (Fsp3) is 0.667. The lowest BCUT2D eigenvalue weighted by molar-refractivity contribution is -0.128. The smallest absolute Gasteiger partial charge is 0.410 e. The Labute approximate surface area is 192 Å². The summed E-state index contributed by atoms with van der Waals surface area (Å²) in [5.74, 6) is 0.0261. The number of rotatable bonds is 8. The summed E-state index contributed by atoms with van der Waals surface area (Å²) in [6.45, 7) is 14.5. The van der Waals surface area contributed by atoms with Gasteiger partial charge >= 0.3 is 6.09 Å². The number of carbonyl (C=O) groups is 2. The summed E-state index contributed by atoms with van der Waals surface area (Å²) < 4.78 is 5.51. The third kappa shape index (κ3) is 7.11. The van der Waals surface area contributed by atoms with Gasteiger partial charge in [-0.25, -0.2) is 4.79 Å². The van der Waals surface area contributed by atoms with Crippen LogP contribution < -0.4 is 5.32 Å². The molecule has 2 amide bonds. The summed E-state index contributed by atoms with van der Waals surface area (Å²) in [5.41, 5.74) is -0.260. The molecule has 1 aliphatic rings. The van der Waals surface area contributed by atoms with Crippen molar-refractivity contribution in [3.63, 3.8) is 0 Å². The third-order valence-corrected chi connectivity index (χ3v) is 6.18. The van der Waals surface area contributed by atoms with Crippen LogP contribution in [0, 0.1) is 0 Å². The van der Waals surface area contributed by atoms with Crippen LogP contribution in [0.4, 0.5) is 4.79 Å². The second kappa shape index (κ2) is 11.2. The second-order valence-electron chi connectivity index (χ2n) is 9.19. The average Bonchev–Trinajstić information content (AvgIpc) is 2.73. The molecule has 1 heterocycles. The molecule has 2 rings (SSSR count). The van der Waals surface area contributed by atoms with Gasteiger partial charge in [0.2, 0.25) is 5.91 Å². The lowest BCUT2D eigenvalue weighted by Gasteiger charge is -2.41. The molecule has 1 saturated heterocycles. The molecule has 0 spiro atoms. The van der Waals surface area contributed by atoms with E-state index in [-0.39, 0.29) is 12.0 Å². The molecular formula is C24H38ClN3O3. The van der Waals surface area contributed by atoms with Gasteiger partial charge in [-0.2, -0.15) is 0 Å². The van der Waals surface area contributed by atoms with Crippen LogP contribution in [0.3, 0.4) is 0 Å². The molecule has 7 heteroatoms. The molecule has 1 aromatic carbocycles. The van der Waals surface area contributed by atoms with Gasteiger partial charge in [0.05, 0.1) is 5.41 Å². The molecule has 1 N–H and O–H groups in total. The maximum atomic E-state index is 13.4. The van der Waals surface area contributed by atoms with E-state index in [1.54, 1.807) is 4.90 Å². The second-order valence-corrected chi connectivity index (χ2v) is 9.63. The van der Waals surface area contributed by atoms with Gasteiger partial charge in [0.1, 0.15) is 5.60 Å². The summed E-state index contributed by atoms with van der Waals surface area (Å²) in [7, 11) is 0. The maximum Gasteiger partial charge on any atom is 0.410 e. The molecule has 0 atom stereocenters. The van der Waals surface area contributed by atoms with E-state index in [4.69, 9.17) is 16.3 Å². The number of nitrogens with one attached hydrogen (secondary N) is 1. The molecule has 0 saturated carbocycles. The number of likely N-dealkylation sites (tertiary alicyclic amines) is 1. The van der Waals surface area contributed by atoms with Crippen molar-refractivity contribution in [2.24, 2.45) is 0 Å². The molecule has 0 bridgehead atoms. The lowest BCUT2D eigenvalue weighted by atomic mass is 9.72. The highest BCUT2D eigenvalue weighted by Gasteiger charge is 2.44. The first kappa shape index (κ1) is 25.5. The highest BCUT2D eigenvalue weighted by Crippen LogP contribution is 2.37. The molecule has 0 unspecified atom stereocenters. The van der Waals surface area contributed by atoms with E-state index in [0.29, 0.717) is 37.5 Å². The third-order valence-electron chi connectivity index (χ3n) is 5.93. The van der Waals surface area contributed by atoms with E-state index in [1.807, 2.05) is 45.0 Å². The Morgan fingerprint density at radius 2 is 1.71 bits per heavy atom. The van der Waals surface area contributed by atoms with Crippen molar-refractivity contribution in [1.29, 1.82) is 0 Å². The number of carbonyl (C=O) groups excluding carboxylic acids is 2. The van der Waals surface area contributed by atoms with Gasteiger partial charge in [-0.05, 0) is 77.4 Å². The fourth-order valence-electron chi connectivity index (χ4n) is 4.03. The number of ether oxygens (including phenoxy) is 1. The predicted octanol–water partition coefficient (Wildman–Crippen LogP) is 4.46. The van der Waals surface area contributed by atoms with Crippen molar-refractivity contribution in [2.45, 2.75) is 64.9 Å². The average molecular weight is 452 g/mol. The highest BCUT2D eigenvalue weighted by molar-refractivity contribution is 6.30. The normalized spacial score (nSPS) is 16.3. The Morgan fingerprint density at radius 1 is 1.13 bits per heavy atom. The van der Waals surface area contributed by atoms with Crippen molar-refractivity contribution >= 4 is 23.6 Å². The van der Waals surface area contributed by atoms with Crippen LogP contribution in [0.5, 0.6) is 0 Å². The lowest BCUT2D eigenvalue weighted by Crippen LogP contribution is -2.53. The van der Waals surface area contributed by atoms with Gasteiger partial charge in [-0.15, -0.1) is 0 Å². The zero-order valence-corrected chi connectivity index (χ0v) is 20.4. The zero-order valence-electron chi connectivity index (χ0n) is 19.7. The first-order chi connectivity index (χ1) is 14.6. The first-order valence-corrected chi connectivity index (χ1v) is 11.7. The van der Waals surface area contributed by atoms with Gasteiger partial charge < -0.3 is 19.9 Å². The number of amides is 2. The first-order valence-electron chi connectivity index (χ1n) is 11.4. The molecule has 1 aromatic rings. The Balaban J connectivity index is 2.08. The van der Waals surface area contributed by atoms with Crippen LogP contribution in [0.2, 0.25) is 5.02 Å². The molecule has 31 heavy (non-hydrogen) atoms. The van der Waals surface area contributed by atoms with Gasteiger partial charge in [-0.3, -0.25) is 4.79 Å². The molecule has 6 nitrogen and oxygen atoms in total. The Morgan fingerprint density at radius 3 is 2.23 bits per heavy atom. The van der Waals surface area contributed by atoms with Crippen LogP contribution in [0.1, 0.15) is 59.4 Å².